The molecule has 0 aliphatic heterocycles. The fourth-order valence-electron chi connectivity index (χ4n) is 1.08. The van der Waals surface area contributed by atoms with Crippen molar-refractivity contribution in [2.24, 2.45) is 5.84 Å². The monoisotopic (exact) mass is 240 g/mol. The number of benzene rings is 1. The fourth-order valence-corrected chi connectivity index (χ4v) is 1.35. The van der Waals surface area contributed by atoms with E-state index in [1.54, 1.807) is 0 Å². The number of hydrazine groups is 1. The van der Waals surface area contributed by atoms with Gasteiger partial charge in [0, 0.05) is 10.5 Å². The average Bonchev–Trinajstić information content (AvgIpc) is 2.17. The molecule has 70 valence electrons. The van der Waals surface area contributed by atoms with E-state index in [4.69, 9.17) is 5.84 Å². The molecule has 3 heteroatoms. The van der Waals surface area contributed by atoms with Gasteiger partial charge in [-0.2, -0.15) is 0 Å². The van der Waals surface area contributed by atoms with Crippen molar-refractivity contribution < 1.29 is 0 Å². The van der Waals surface area contributed by atoms with E-state index < -0.39 is 0 Å². The third kappa shape index (κ3) is 3.30. The maximum Gasteiger partial charge on any atom is 0.0428 e. The molecule has 13 heavy (non-hydrogen) atoms. The van der Waals surface area contributed by atoms with Crippen LogP contribution in [0.4, 0.5) is 0 Å². The predicted octanol–water partition coefficient (Wildman–Crippen LogP) is 2.01. The smallest absolute Gasteiger partial charge is 0.0428 e. The van der Waals surface area contributed by atoms with Crippen LogP contribution in [0.1, 0.15) is 5.56 Å². The molecule has 1 aromatic rings. The van der Waals surface area contributed by atoms with E-state index in [0.29, 0.717) is 0 Å². The minimum absolute atomic E-state index is 0.140. The summed E-state index contributed by atoms with van der Waals surface area (Å²) >= 11 is 3.39. The Bertz CT molecular complexity index is 269. The lowest BCUT2D eigenvalue weighted by molar-refractivity contribution is 0.618. The largest absolute Gasteiger partial charge is 0.271 e. The molecule has 0 bridgehead atoms. The molecule has 1 aromatic carbocycles. The molecular formula is C10H13BrN2. The molecule has 0 spiro atoms. The molecule has 2 nitrogen and oxygen atoms in total. The van der Waals surface area contributed by atoms with Crippen LogP contribution in [0.2, 0.25) is 0 Å². The van der Waals surface area contributed by atoms with Crippen molar-refractivity contribution >= 4 is 15.9 Å². The third-order valence-corrected chi connectivity index (χ3v) is 2.40. The summed E-state index contributed by atoms with van der Waals surface area (Å²) in [6, 6.07) is 8.31. The number of halogens is 1. The Morgan fingerprint density at radius 2 is 2.08 bits per heavy atom. The quantitative estimate of drug-likeness (QED) is 0.480. The van der Waals surface area contributed by atoms with Crippen molar-refractivity contribution in [1.82, 2.24) is 5.43 Å². The Morgan fingerprint density at radius 1 is 1.46 bits per heavy atom. The van der Waals surface area contributed by atoms with E-state index in [9.17, 15) is 0 Å². The Hall–Kier alpha value is -0.640. The van der Waals surface area contributed by atoms with Crippen LogP contribution in [-0.4, -0.2) is 6.04 Å². The van der Waals surface area contributed by atoms with Gasteiger partial charge in [0.05, 0.1) is 0 Å². The van der Waals surface area contributed by atoms with Gasteiger partial charge < -0.3 is 0 Å². The summed E-state index contributed by atoms with van der Waals surface area (Å²) in [6.07, 6.45) is 2.68. The van der Waals surface area contributed by atoms with Crippen molar-refractivity contribution in [1.29, 1.82) is 0 Å². The summed E-state index contributed by atoms with van der Waals surface area (Å²) in [5, 5.41) is 0. The van der Waals surface area contributed by atoms with E-state index in [1.165, 1.54) is 5.56 Å². The Balaban J connectivity index is 2.63. The first-order valence-corrected chi connectivity index (χ1v) is 4.88. The minimum Gasteiger partial charge on any atom is -0.271 e. The Kier molecular flexibility index (Phi) is 4.15. The van der Waals surface area contributed by atoms with Crippen molar-refractivity contribution in [3.8, 4) is 0 Å². The number of rotatable bonds is 4. The van der Waals surface area contributed by atoms with E-state index in [-0.39, 0.29) is 6.04 Å². The molecule has 0 heterocycles. The highest BCUT2D eigenvalue weighted by atomic mass is 79.9. The van der Waals surface area contributed by atoms with Crippen LogP contribution in [0, 0.1) is 0 Å². The molecule has 0 radical (unpaired) electrons. The lowest BCUT2D eigenvalue weighted by atomic mass is 10.1. The molecule has 0 saturated heterocycles. The molecule has 1 atom stereocenters. The van der Waals surface area contributed by atoms with Crippen molar-refractivity contribution in [2.75, 3.05) is 0 Å². The van der Waals surface area contributed by atoms with E-state index >= 15 is 0 Å². The van der Waals surface area contributed by atoms with Crippen molar-refractivity contribution in [3.05, 3.63) is 47.0 Å². The fraction of sp³-hybridized carbons (Fsp3) is 0.200. The normalized spacial score (nSPS) is 12.5. The van der Waals surface area contributed by atoms with E-state index in [1.807, 2.05) is 18.2 Å². The summed E-state index contributed by atoms with van der Waals surface area (Å²) < 4.78 is 1.09. The lowest BCUT2D eigenvalue weighted by Crippen LogP contribution is -2.34. The van der Waals surface area contributed by atoms with Crippen LogP contribution < -0.4 is 11.3 Å². The SMILES string of the molecule is C=CC(Cc1ccc(Br)cc1)NN. The van der Waals surface area contributed by atoms with Gasteiger partial charge in [-0.05, 0) is 24.1 Å². The van der Waals surface area contributed by atoms with Crippen LogP contribution in [0.5, 0.6) is 0 Å². The van der Waals surface area contributed by atoms with E-state index in [2.05, 4.69) is 40.1 Å². The maximum absolute atomic E-state index is 5.33. The molecule has 0 aromatic heterocycles. The zero-order valence-corrected chi connectivity index (χ0v) is 8.92. The van der Waals surface area contributed by atoms with Crippen LogP contribution in [0.25, 0.3) is 0 Å². The van der Waals surface area contributed by atoms with Gasteiger partial charge in [-0.15, -0.1) is 6.58 Å². The second-order valence-corrected chi connectivity index (χ2v) is 3.76. The van der Waals surface area contributed by atoms with Crippen LogP contribution in [0.3, 0.4) is 0 Å². The first-order valence-electron chi connectivity index (χ1n) is 4.09. The van der Waals surface area contributed by atoms with Gasteiger partial charge in [0.2, 0.25) is 0 Å². The Morgan fingerprint density at radius 3 is 2.54 bits per heavy atom. The van der Waals surface area contributed by atoms with Gasteiger partial charge in [-0.1, -0.05) is 34.1 Å². The summed E-state index contributed by atoms with van der Waals surface area (Å²) in [4.78, 5) is 0. The van der Waals surface area contributed by atoms with Gasteiger partial charge in [-0.3, -0.25) is 11.3 Å². The number of nitrogens with one attached hydrogen (secondary N) is 1. The minimum atomic E-state index is 0.140. The summed E-state index contributed by atoms with van der Waals surface area (Å²) in [7, 11) is 0. The first-order chi connectivity index (χ1) is 6.26. The molecular weight excluding hydrogens is 228 g/mol. The molecule has 0 aliphatic carbocycles. The summed E-state index contributed by atoms with van der Waals surface area (Å²) in [6.45, 7) is 3.69. The predicted molar refractivity (Wildman–Crippen MR) is 59.2 cm³/mol. The molecule has 1 unspecified atom stereocenters. The third-order valence-electron chi connectivity index (χ3n) is 1.87. The zero-order valence-electron chi connectivity index (χ0n) is 7.33. The summed E-state index contributed by atoms with van der Waals surface area (Å²) in [5.74, 6) is 5.33. The number of nitrogens with two attached hydrogens (primary N) is 1. The molecule has 0 fully saturated rings. The van der Waals surface area contributed by atoms with Gasteiger partial charge in [0.15, 0.2) is 0 Å². The molecule has 0 aliphatic rings. The molecule has 1 rings (SSSR count). The molecule has 0 saturated carbocycles. The van der Waals surface area contributed by atoms with Gasteiger partial charge in [0.25, 0.3) is 0 Å². The average molecular weight is 241 g/mol. The van der Waals surface area contributed by atoms with Crippen molar-refractivity contribution in [2.45, 2.75) is 12.5 Å². The Labute approximate surface area is 86.9 Å². The lowest BCUT2D eigenvalue weighted by Gasteiger charge is -2.10. The zero-order chi connectivity index (χ0) is 9.68. The van der Waals surface area contributed by atoms with Gasteiger partial charge in [-0.25, -0.2) is 0 Å². The molecule has 0 amide bonds. The van der Waals surface area contributed by atoms with Crippen LogP contribution in [0.15, 0.2) is 41.4 Å². The number of hydrogen-bond acceptors (Lipinski definition) is 2. The molecule has 3 N–H and O–H groups in total. The standard InChI is InChI=1S/C10H13BrN2/c1-2-10(13-12)7-8-3-5-9(11)6-4-8/h2-6,10,13H,1,7,12H2. The highest BCUT2D eigenvalue weighted by Crippen LogP contribution is 2.11. The highest BCUT2D eigenvalue weighted by Gasteiger charge is 2.01. The van der Waals surface area contributed by atoms with Gasteiger partial charge in [0.1, 0.15) is 0 Å². The van der Waals surface area contributed by atoms with Crippen LogP contribution in [-0.2, 0) is 6.42 Å². The second kappa shape index (κ2) is 5.17. The number of hydrogen-bond donors (Lipinski definition) is 2. The highest BCUT2D eigenvalue weighted by molar-refractivity contribution is 9.10. The van der Waals surface area contributed by atoms with Crippen LogP contribution >= 0.6 is 15.9 Å². The maximum atomic E-state index is 5.33. The van der Waals surface area contributed by atoms with E-state index in [0.717, 1.165) is 10.9 Å². The van der Waals surface area contributed by atoms with Gasteiger partial charge >= 0.3 is 0 Å². The first kappa shape index (κ1) is 10.4. The van der Waals surface area contributed by atoms with Crippen molar-refractivity contribution in [3.63, 3.8) is 0 Å². The topological polar surface area (TPSA) is 38.0 Å². The summed E-state index contributed by atoms with van der Waals surface area (Å²) in [5.41, 5.74) is 3.93. The second-order valence-electron chi connectivity index (χ2n) is 2.84.